The summed E-state index contributed by atoms with van der Waals surface area (Å²) in [4.78, 5) is 28.1. The fourth-order valence-corrected chi connectivity index (χ4v) is 4.54. The van der Waals surface area contributed by atoms with Gasteiger partial charge in [0.15, 0.2) is 5.65 Å². The van der Waals surface area contributed by atoms with Gasteiger partial charge in [-0.05, 0) is 73.2 Å². The van der Waals surface area contributed by atoms with Gasteiger partial charge >= 0.3 is 0 Å². The molecule has 178 valence electrons. The summed E-state index contributed by atoms with van der Waals surface area (Å²) in [7, 11) is 1.64. The summed E-state index contributed by atoms with van der Waals surface area (Å²) in [5.74, 6) is 1.21. The van der Waals surface area contributed by atoms with Crippen molar-refractivity contribution in [3.8, 4) is 5.75 Å². The van der Waals surface area contributed by atoms with Gasteiger partial charge in [0.05, 0.1) is 18.2 Å². The van der Waals surface area contributed by atoms with Crippen molar-refractivity contribution in [3.05, 3.63) is 103 Å². The standard InChI is InChI=1S/C28H23N5O2S/c1-18-6-3-4-8-23(18)33-28(34)19-9-14-25(36-21-12-10-20(35-2)11-13-21)24(16-19)32-27-22-7-5-15-29-26(22)30-17-31-27/h3-17H,1-2H3,(H,33,34)(H,29,30,31,32). The van der Waals surface area contributed by atoms with Crippen molar-refractivity contribution in [2.24, 2.45) is 0 Å². The number of carbonyl (C=O) groups excluding carboxylic acids is 1. The summed E-state index contributed by atoms with van der Waals surface area (Å²) in [5, 5.41) is 7.21. The molecule has 3 aromatic carbocycles. The summed E-state index contributed by atoms with van der Waals surface area (Å²) in [5.41, 5.74) is 3.64. The van der Waals surface area contributed by atoms with E-state index in [0.717, 1.165) is 37.9 Å². The first-order valence-electron chi connectivity index (χ1n) is 11.3. The number of pyridine rings is 1. The molecule has 0 saturated carbocycles. The second-order valence-corrected chi connectivity index (χ2v) is 9.09. The van der Waals surface area contributed by atoms with Crippen LogP contribution >= 0.6 is 11.8 Å². The van der Waals surface area contributed by atoms with Crippen molar-refractivity contribution in [2.75, 3.05) is 17.7 Å². The van der Waals surface area contributed by atoms with E-state index in [2.05, 4.69) is 25.6 Å². The molecule has 0 aliphatic heterocycles. The molecule has 0 saturated heterocycles. The topological polar surface area (TPSA) is 89.0 Å². The number of aryl methyl sites for hydroxylation is 1. The lowest BCUT2D eigenvalue weighted by Crippen LogP contribution is -2.13. The number of fused-ring (bicyclic) bond motifs is 1. The summed E-state index contributed by atoms with van der Waals surface area (Å²) in [6.07, 6.45) is 3.17. The number of para-hydroxylation sites is 1. The maximum Gasteiger partial charge on any atom is 0.255 e. The van der Waals surface area contributed by atoms with E-state index in [1.165, 1.54) is 6.33 Å². The highest BCUT2D eigenvalue weighted by atomic mass is 32.2. The van der Waals surface area contributed by atoms with E-state index in [1.54, 1.807) is 25.1 Å². The Kier molecular flexibility index (Phi) is 6.77. The van der Waals surface area contributed by atoms with Gasteiger partial charge in [0.1, 0.15) is 17.9 Å². The highest BCUT2D eigenvalue weighted by Crippen LogP contribution is 2.37. The van der Waals surface area contributed by atoms with Gasteiger partial charge < -0.3 is 15.4 Å². The lowest BCUT2D eigenvalue weighted by Gasteiger charge is -2.15. The largest absolute Gasteiger partial charge is 0.497 e. The number of nitrogens with zero attached hydrogens (tertiary/aromatic N) is 3. The minimum Gasteiger partial charge on any atom is -0.497 e. The molecule has 0 fully saturated rings. The van der Waals surface area contributed by atoms with Crippen molar-refractivity contribution in [3.63, 3.8) is 0 Å². The predicted octanol–water partition coefficient (Wildman–Crippen LogP) is 6.49. The van der Waals surface area contributed by atoms with Gasteiger partial charge in [-0.15, -0.1) is 0 Å². The molecule has 5 rings (SSSR count). The second kappa shape index (κ2) is 10.5. The number of aromatic nitrogens is 3. The van der Waals surface area contributed by atoms with E-state index in [1.807, 2.05) is 85.8 Å². The van der Waals surface area contributed by atoms with Crippen molar-refractivity contribution in [1.29, 1.82) is 0 Å². The average molecular weight is 494 g/mol. The average Bonchev–Trinajstić information content (AvgIpc) is 2.91. The van der Waals surface area contributed by atoms with Gasteiger partial charge in [-0.25, -0.2) is 15.0 Å². The number of benzene rings is 3. The minimum absolute atomic E-state index is 0.192. The quantitative estimate of drug-likeness (QED) is 0.268. The number of rotatable bonds is 7. The van der Waals surface area contributed by atoms with Crippen molar-refractivity contribution in [2.45, 2.75) is 16.7 Å². The van der Waals surface area contributed by atoms with Gasteiger partial charge in [0, 0.05) is 27.2 Å². The summed E-state index contributed by atoms with van der Waals surface area (Å²) in [6.45, 7) is 1.96. The number of nitrogens with one attached hydrogen (secondary N) is 2. The lowest BCUT2D eigenvalue weighted by molar-refractivity contribution is 0.102. The van der Waals surface area contributed by atoms with Gasteiger partial charge in [-0.3, -0.25) is 4.79 Å². The zero-order valence-electron chi connectivity index (χ0n) is 19.7. The Hall–Kier alpha value is -4.43. The minimum atomic E-state index is -0.192. The molecule has 7 nitrogen and oxygen atoms in total. The zero-order valence-corrected chi connectivity index (χ0v) is 20.5. The van der Waals surface area contributed by atoms with Gasteiger partial charge in [-0.1, -0.05) is 30.0 Å². The highest BCUT2D eigenvalue weighted by molar-refractivity contribution is 7.99. The Morgan fingerprint density at radius 2 is 1.72 bits per heavy atom. The fraction of sp³-hybridized carbons (Fsp3) is 0.0714. The molecule has 0 unspecified atom stereocenters. The summed E-state index contributed by atoms with van der Waals surface area (Å²) < 4.78 is 5.28. The van der Waals surface area contributed by atoms with E-state index < -0.39 is 0 Å². The van der Waals surface area contributed by atoms with E-state index in [9.17, 15) is 4.79 Å². The van der Waals surface area contributed by atoms with Crippen LogP contribution in [0.1, 0.15) is 15.9 Å². The van der Waals surface area contributed by atoms with Crippen molar-refractivity contribution in [1.82, 2.24) is 15.0 Å². The molecule has 0 bridgehead atoms. The molecule has 8 heteroatoms. The Labute approximate surface area is 213 Å². The van der Waals surface area contributed by atoms with Crippen LogP contribution in [0.25, 0.3) is 11.0 Å². The fourth-order valence-electron chi connectivity index (χ4n) is 3.66. The molecule has 0 aliphatic rings. The summed E-state index contributed by atoms with van der Waals surface area (Å²) >= 11 is 1.58. The zero-order chi connectivity index (χ0) is 24.9. The van der Waals surface area contributed by atoms with Gasteiger partial charge in [0.25, 0.3) is 5.91 Å². The Morgan fingerprint density at radius 3 is 2.53 bits per heavy atom. The number of hydrogen-bond acceptors (Lipinski definition) is 7. The molecule has 2 N–H and O–H groups in total. The monoisotopic (exact) mass is 493 g/mol. The van der Waals surface area contributed by atoms with Crippen LogP contribution in [0.3, 0.4) is 0 Å². The molecule has 1 amide bonds. The van der Waals surface area contributed by atoms with E-state index in [0.29, 0.717) is 17.0 Å². The number of ether oxygens (including phenoxy) is 1. The molecule has 0 atom stereocenters. The molecule has 0 aliphatic carbocycles. The number of hydrogen-bond donors (Lipinski definition) is 2. The first-order chi connectivity index (χ1) is 17.6. The molecular weight excluding hydrogens is 470 g/mol. The maximum absolute atomic E-state index is 13.1. The molecule has 36 heavy (non-hydrogen) atoms. The third-order valence-corrected chi connectivity index (χ3v) is 6.67. The number of anilines is 3. The van der Waals surface area contributed by atoms with Crippen LogP contribution in [0, 0.1) is 6.92 Å². The smallest absolute Gasteiger partial charge is 0.255 e. The van der Waals surface area contributed by atoms with Crippen LogP contribution in [0.15, 0.2) is 101 Å². The van der Waals surface area contributed by atoms with Crippen LogP contribution < -0.4 is 15.4 Å². The van der Waals surface area contributed by atoms with Gasteiger partial charge in [-0.2, -0.15) is 0 Å². The van der Waals surface area contributed by atoms with Gasteiger partial charge in [0.2, 0.25) is 0 Å². The maximum atomic E-state index is 13.1. The first-order valence-corrected chi connectivity index (χ1v) is 12.1. The lowest BCUT2D eigenvalue weighted by atomic mass is 10.1. The number of amides is 1. The molecule has 0 spiro atoms. The summed E-state index contributed by atoms with van der Waals surface area (Å²) in [6, 6.07) is 24.9. The molecule has 2 heterocycles. The SMILES string of the molecule is COc1ccc(Sc2ccc(C(=O)Nc3ccccc3C)cc2Nc2ncnc3ncccc23)cc1. The normalized spacial score (nSPS) is 10.7. The molecule has 2 aromatic heterocycles. The third-order valence-electron chi connectivity index (χ3n) is 5.58. The molecule has 0 radical (unpaired) electrons. The van der Waals surface area contributed by atoms with Crippen LogP contribution in [0.5, 0.6) is 5.75 Å². The first kappa shape index (κ1) is 23.3. The second-order valence-electron chi connectivity index (χ2n) is 7.98. The van der Waals surface area contributed by atoms with Crippen LogP contribution in [-0.2, 0) is 0 Å². The van der Waals surface area contributed by atoms with E-state index in [4.69, 9.17) is 4.74 Å². The third kappa shape index (κ3) is 5.13. The number of methoxy groups -OCH3 is 1. The molecule has 5 aromatic rings. The molecular formula is C28H23N5O2S. The Morgan fingerprint density at radius 1 is 0.889 bits per heavy atom. The Bertz CT molecular complexity index is 1530. The van der Waals surface area contributed by atoms with Crippen molar-refractivity contribution < 1.29 is 9.53 Å². The predicted molar refractivity (Wildman–Crippen MR) is 143 cm³/mol. The van der Waals surface area contributed by atoms with E-state index in [-0.39, 0.29) is 5.91 Å². The van der Waals surface area contributed by atoms with Crippen molar-refractivity contribution >= 4 is 45.9 Å². The van der Waals surface area contributed by atoms with Crippen LogP contribution in [-0.4, -0.2) is 28.0 Å². The van der Waals surface area contributed by atoms with Crippen LogP contribution in [0.2, 0.25) is 0 Å². The number of carbonyl (C=O) groups is 1. The Balaban J connectivity index is 1.51. The highest BCUT2D eigenvalue weighted by Gasteiger charge is 2.14. The van der Waals surface area contributed by atoms with E-state index >= 15 is 0 Å². The van der Waals surface area contributed by atoms with Crippen LogP contribution in [0.4, 0.5) is 17.2 Å².